The van der Waals surface area contributed by atoms with Gasteiger partial charge in [0.25, 0.3) is 25.8 Å². The van der Waals surface area contributed by atoms with Crippen LogP contribution in [0.4, 0.5) is 28.9 Å². The molecule has 0 radical (unpaired) electrons. The number of carbonyl (C=O) groups excluding carboxylic acids is 1. The lowest BCUT2D eigenvalue weighted by Crippen LogP contribution is -2.47. The van der Waals surface area contributed by atoms with E-state index in [0.717, 1.165) is 93.4 Å². The number of likely N-dealkylation sites (tertiary alicyclic amines) is 2. The molecule has 2 aliphatic carbocycles. The van der Waals surface area contributed by atoms with Gasteiger partial charge in [0.15, 0.2) is 0 Å². The number of amides is 1. The van der Waals surface area contributed by atoms with Gasteiger partial charge in [-0.3, -0.25) is 14.6 Å². The molecule has 19 heteroatoms. The first-order valence-corrected chi connectivity index (χ1v) is 29.1. The predicted octanol–water partition coefficient (Wildman–Crippen LogP) is 10.1. The predicted molar refractivity (Wildman–Crippen MR) is 277 cm³/mol. The smallest absolute Gasteiger partial charge is 0.380 e. The Morgan fingerprint density at radius 3 is 2.14 bits per heavy atom. The molecular weight excluding hydrogens is 1010 g/mol. The summed E-state index contributed by atoms with van der Waals surface area (Å²) in [4.78, 5) is 21.7. The fourth-order valence-corrected chi connectivity index (χ4v) is 14.1. The summed E-state index contributed by atoms with van der Waals surface area (Å²) >= 11 is 7.55. The van der Waals surface area contributed by atoms with Crippen molar-refractivity contribution in [3.8, 4) is 0 Å². The van der Waals surface area contributed by atoms with Crippen molar-refractivity contribution >= 4 is 66.1 Å². The van der Waals surface area contributed by atoms with Gasteiger partial charge in [-0.05, 0) is 149 Å². The SMILES string of the molecule is CC(C)(C)N1C[C@H]2CN(CC[C@H](CSc3ccccc3)Nc3ccc(S(=O)(=O)NC(=O)c4ccc(N5CCN(CC6=C(c7ccc(Cl)cc7F)CCC7(CC7)C6)CC5)cc4)cc3S(=O)(=O)C(F)(F)F)C[C@H]2C1. The van der Waals surface area contributed by atoms with Gasteiger partial charge in [-0.15, -0.1) is 11.8 Å². The molecule has 0 unspecified atom stereocenters. The second-order valence-corrected chi connectivity index (χ2v) is 26.5. The van der Waals surface area contributed by atoms with Crippen LogP contribution < -0.4 is 14.9 Å². The number of halogens is 5. The van der Waals surface area contributed by atoms with Crippen LogP contribution in [0.3, 0.4) is 0 Å². The molecule has 9 rings (SSSR count). The minimum Gasteiger partial charge on any atom is -0.380 e. The van der Waals surface area contributed by atoms with Gasteiger partial charge in [0.05, 0.1) is 10.6 Å². The molecular formula is C53H63ClF4N6O5S3. The number of sulfonamides is 1. The highest BCUT2D eigenvalue weighted by atomic mass is 35.5. The molecule has 4 aromatic rings. The second-order valence-electron chi connectivity index (χ2n) is 21.3. The molecule has 3 saturated heterocycles. The number of allylic oxidation sites excluding steroid dienone is 1. The Hall–Kier alpha value is -4.17. The first-order chi connectivity index (χ1) is 34.1. The number of hydrogen-bond donors (Lipinski definition) is 2. The van der Waals surface area contributed by atoms with Gasteiger partial charge in [-0.25, -0.2) is 25.9 Å². The van der Waals surface area contributed by atoms with Crippen LogP contribution >= 0.6 is 23.4 Å². The van der Waals surface area contributed by atoms with Gasteiger partial charge in [-0.1, -0.05) is 41.4 Å². The third kappa shape index (κ3) is 12.0. The number of anilines is 2. The second kappa shape index (κ2) is 20.9. The standard InChI is InChI=1S/C53H63ClF4N6O5S3/c1-51(2,3)64-33-38-31-62(32-39(38)34-64)22-18-41(35-70-43-7-5-4-6-8-43)59-48-16-14-44(28-49(48)71(66,67)53(56,57)58)72(68,69)60-50(65)36-9-12-42(13-10-36)63-25-23-61(24-26-63)30-37-29-52(20-21-52)19-17-45(37)46-15-11-40(54)27-47(46)55/h4-16,27-28,38-39,41,59H,17-26,29-35H2,1-3H3,(H,60,65)/t38-,39+,41-/m1/s1. The van der Waals surface area contributed by atoms with E-state index >= 15 is 4.39 Å². The molecule has 4 fully saturated rings. The number of fused-ring (bicyclic) bond motifs is 1. The summed E-state index contributed by atoms with van der Waals surface area (Å²) in [6.45, 7) is 14.6. The molecule has 3 heterocycles. The Kier molecular flexibility index (Phi) is 15.3. The summed E-state index contributed by atoms with van der Waals surface area (Å²) in [5.41, 5.74) is -1.94. The van der Waals surface area contributed by atoms with Crippen molar-refractivity contribution in [1.82, 2.24) is 19.4 Å². The maximum atomic E-state index is 15.1. The quantitative estimate of drug-likeness (QED) is 0.0824. The number of benzene rings is 4. The van der Waals surface area contributed by atoms with E-state index in [0.29, 0.717) is 65.7 Å². The number of carbonyl (C=O) groups is 1. The van der Waals surface area contributed by atoms with Crippen LogP contribution in [0.5, 0.6) is 0 Å². The van der Waals surface area contributed by atoms with Crippen LogP contribution in [0, 0.1) is 23.1 Å². The first kappa shape index (κ1) is 52.7. The van der Waals surface area contributed by atoms with Gasteiger partial charge in [-0.2, -0.15) is 13.2 Å². The van der Waals surface area contributed by atoms with Gasteiger partial charge >= 0.3 is 5.51 Å². The Morgan fingerprint density at radius 1 is 0.833 bits per heavy atom. The molecule has 3 atom stereocenters. The highest BCUT2D eigenvalue weighted by molar-refractivity contribution is 7.99. The molecule has 3 aliphatic heterocycles. The average Bonchev–Trinajstić information content (AvgIpc) is 3.76. The molecule has 2 N–H and O–H groups in total. The molecule has 4 aromatic carbocycles. The van der Waals surface area contributed by atoms with Crippen LogP contribution in [0.15, 0.2) is 111 Å². The topological polar surface area (TPSA) is 122 Å². The van der Waals surface area contributed by atoms with Crippen molar-refractivity contribution < 1.29 is 39.2 Å². The number of sulfone groups is 1. The number of thioether (sulfide) groups is 1. The summed E-state index contributed by atoms with van der Waals surface area (Å²) in [7, 11) is -10.9. The van der Waals surface area contributed by atoms with Gasteiger partial charge < -0.3 is 15.1 Å². The van der Waals surface area contributed by atoms with E-state index in [9.17, 15) is 34.8 Å². The van der Waals surface area contributed by atoms with Crippen molar-refractivity contribution in [1.29, 1.82) is 0 Å². The van der Waals surface area contributed by atoms with E-state index in [1.54, 1.807) is 24.3 Å². The minimum atomic E-state index is -6.08. The van der Waals surface area contributed by atoms with Gasteiger partial charge in [0, 0.05) is 110 Å². The summed E-state index contributed by atoms with van der Waals surface area (Å²) in [6.07, 6.45) is 5.75. The number of alkyl halides is 3. The summed E-state index contributed by atoms with van der Waals surface area (Å²) in [5.74, 6) is 0.0666. The zero-order chi connectivity index (χ0) is 51.2. The van der Waals surface area contributed by atoms with E-state index in [1.165, 1.54) is 48.4 Å². The Bertz CT molecular complexity index is 2880. The van der Waals surface area contributed by atoms with Crippen molar-refractivity contribution in [2.45, 2.75) is 91.1 Å². The van der Waals surface area contributed by atoms with E-state index in [1.807, 2.05) is 35.1 Å². The van der Waals surface area contributed by atoms with Crippen LogP contribution in [-0.4, -0.2) is 126 Å². The van der Waals surface area contributed by atoms with Gasteiger partial charge in [0.2, 0.25) is 0 Å². The number of rotatable bonds is 16. The lowest BCUT2D eigenvalue weighted by Gasteiger charge is -2.38. The Morgan fingerprint density at radius 2 is 1.51 bits per heavy atom. The molecule has 5 aliphatic rings. The van der Waals surface area contributed by atoms with Crippen LogP contribution in [-0.2, 0) is 19.9 Å². The third-order valence-electron chi connectivity index (χ3n) is 15.4. The summed E-state index contributed by atoms with van der Waals surface area (Å²) in [6, 6.07) is 22.7. The number of hydrogen-bond acceptors (Lipinski definition) is 11. The van der Waals surface area contributed by atoms with E-state index in [-0.39, 0.29) is 22.6 Å². The molecule has 72 heavy (non-hydrogen) atoms. The monoisotopic (exact) mass is 1070 g/mol. The number of piperazine rings is 1. The molecule has 1 amide bonds. The van der Waals surface area contributed by atoms with E-state index < -0.39 is 47.1 Å². The van der Waals surface area contributed by atoms with Crippen LogP contribution in [0.25, 0.3) is 5.57 Å². The number of nitrogens with zero attached hydrogens (tertiary/aromatic N) is 4. The third-order valence-corrected chi connectivity index (χ3v) is 19.6. The zero-order valence-electron chi connectivity index (χ0n) is 40.9. The Labute approximate surface area is 430 Å². The molecule has 1 saturated carbocycles. The lowest BCUT2D eigenvalue weighted by atomic mass is 9.78. The average molecular weight is 1070 g/mol. The van der Waals surface area contributed by atoms with Gasteiger partial charge in [0.1, 0.15) is 10.7 Å². The maximum Gasteiger partial charge on any atom is 0.501 e. The fourth-order valence-electron chi connectivity index (χ4n) is 11.0. The molecule has 0 bridgehead atoms. The first-order valence-electron chi connectivity index (χ1n) is 24.7. The lowest BCUT2D eigenvalue weighted by molar-refractivity contribution is -0.0435. The fraction of sp³-hybridized carbons (Fsp3) is 0.491. The highest BCUT2D eigenvalue weighted by Gasteiger charge is 2.49. The normalized spacial score (nSPS) is 21.5. The largest absolute Gasteiger partial charge is 0.501 e. The molecule has 0 aromatic heterocycles. The van der Waals surface area contributed by atoms with Crippen LogP contribution in [0.2, 0.25) is 5.02 Å². The zero-order valence-corrected chi connectivity index (χ0v) is 44.1. The van der Waals surface area contributed by atoms with Crippen LogP contribution in [0.1, 0.15) is 75.2 Å². The molecule has 1 spiro atoms. The minimum absolute atomic E-state index is 0.0190. The molecule has 11 nitrogen and oxygen atoms in total. The van der Waals surface area contributed by atoms with E-state index in [2.05, 4.69) is 45.7 Å². The Balaban J connectivity index is 0.854. The van der Waals surface area contributed by atoms with E-state index in [4.69, 9.17) is 11.6 Å². The van der Waals surface area contributed by atoms with Crippen molar-refractivity contribution in [2.75, 3.05) is 81.4 Å². The number of nitrogens with one attached hydrogen (secondary N) is 2. The maximum absolute atomic E-state index is 15.1. The van der Waals surface area contributed by atoms with Crippen molar-refractivity contribution in [2.24, 2.45) is 17.3 Å². The molecule has 388 valence electrons. The summed E-state index contributed by atoms with van der Waals surface area (Å²) < 4.78 is 114. The highest BCUT2D eigenvalue weighted by Crippen LogP contribution is 2.59. The van der Waals surface area contributed by atoms with Crippen molar-refractivity contribution in [3.05, 3.63) is 119 Å². The van der Waals surface area contributed by atoms with Crippen molar-refractivity contribution in [3.63, 3.8) is 0 Å². The summed E-state index contributed by atoms with van der Waals surface area (Å²) in [5, 5.41) is 3.44.